The third-order valence-electron chi connectivity index (χ3n) is 5.28. The van der Waals surface area contributed by atoms with E-state index in [-0.39, 0.29) is 5.41 Å². The monoisotopic (exact) mass is 359 g/mol. The first kappa shape index (κ1) is 18.0. The Morgan fingerprint density at radius 2 is 1.76 bits per heavy atom. The molecule has 3 rings (SSSR count). The lowest BCUT2D eigenvalue weighted by Crippen LogP contribution is -2.45. The van der Waals surface area contributed by atoms with E-state index in [1.54, 1.807) is 26.2 Å². The minimum atomic E-state index is -3.56. The van der Waals surface area contributed by atoms with E-state index in [2.05, 4.69) is 16.9 Å². The highest BCUT2D eigenvalue weighted by Crippen LogP contribution is 2.43. The smallest absolute Gasteiger partial charge is 0.240 e. The molecule has 4 nitrogen and oxygen atoms in total. The van der Waals surface area contributed by atoms with Gasteiger partial charge in [-0.25, -0.2) is 13.1 Å². The standard InChI is InChI=1S/C20H25NO3S/c1-15-13-19(16(2)12-18(15)24-3)25(22,23)21-14-20(10-7-11-20)17-8-5-4-6-9-17/h4-6,8-9,12-13,21H,7,10-11,14H2,1-3H3. The van der Waals surface area contributed by atoms with Gasteiger partial charge in [0.1, 0.15) is 5.75 Å². The zero-order valence-corrected chi connectivity index (χ0v) is 15.8. The molecule has 0 radical (unpaired) electrons. The topological polar surface area (TPSA) is 55.4 Å². The highest BCUT2D eigenvalue weighted by molar-refractivity contribution is 7.89. The number of rotatable bonds is 6. The third kappa shape index (κ3) is 3.44. The Bertz CT molecular complexity index is 856. The molecule has 134 valence electrons. The Balaban J connectivity index is 1.84. The maximum absolute atomic E-state index is 12.9. The van der Waals surface area contributed by atoms with Crippen molar-refractivity contribution in [3.05, 3.63) is 59.2 Å². The van der Waals surface area contributed by atoms with Crippen molar-refractivity contribution in [2.45, 2.75) is 43.4 Å². The Morgan fingerprint density at radius 1 is 1.08 bits per heavy atom. The number of hydrogen-bond donors (Lipinski definition) is 1. The van der Waals surface area contributed by atoms with Crippen molar-refractivity contribution >= 4 is 10.0 Å². The van der Waals surface area contributed by atoms with Gasteiger partial charge < -0.3 is 4.74 Å². The van der Waals surface area contributed by atoms with Gasteiger partial charge in [-0.3, -0.25) is 0 Å². The van der Waals surface area contributed by atoms with Gasteiger partial charge in [0.25, 0.3) is 0 Å². The number of sulfonamides is 1. The second-order valence-electron chi connectivity index (χ2n) is 6.91. The van der Waals surface area contributed by atoms with Crippen molar-refractivity contribution in [3.63, 3.8) is 0 Å². The molecule has 0 heterocycles. The van der Waals surface area contributed by atoms with Crippen LogP contribution in [0.15, 0.2) is 47.4 Å². The van der Waals surface area contributed by atoms with Gasteiger partial charge in [-0.05, 0) is 55.5 Å². The Labute approximate surface area is 150 Å². The summed E-state index contributed by atoms with van der Waals surface area (Å²) in [5.74, 6) is 0.705. The van der Waals surface area contributed by atoms with E-state index in [4.69, 9.17) is 4.74 Å². The summed E-state index contributed by atoms with van der Waals surface area (Å²) >= 11 is 0. The molecule has 1 N–H and O–H groups in total. The van der Waals surface area contributed by atoms with Crippen LogP contribution >= 0.6 is 0 Å². The number of aryl methyl sites for hydroxylation is 2. The molecule has 1 saturated carbocycles. The first-order valence-electron chi connectivity index (χ1n) is 8.58. The lowest BCUT2D eigenvalue weighted by molar-refractivity contribution is 0.245. The van der Waals surface area contributed by atoms with Crippen LogP contribution in [0.3, 0.4) is 0 Å². The highest BCUT2D eigenvalue weighted by atomic mass is 32.2. The minimum Gasteiger partial charge on any atom is -0.496 e. The van der Waals surface area contributed by atoms with Gasteiger partial charge in [0.2, 0.25) is 10.0 Å². The van der Waals surface area contributed by atoms with Crippen LogP contribution in [0.4, 0.5) is 0 Å². The van der Waals surface area contributed by atoms with E-state index in [0.29, 0.717) is 22.8 Å². The fourth-order valence-corrected chi connectivity index (χ4v) is 4.98. The molecule has 0 aromatic heterocycles. The van der Waals surface area contributed by atoms with Crippen LogP contribution in [0, 0.1) is 13.8 Å². The highest BCUT2D eigenvalue weighted by Gasteiger charge is 2.39. The van der Waals surface area contributed by atoms with Gasteiger partial charge in [0.05, 0.1) is 12.0 Å². The van der Waals surface area contributed by atoms with Crippen molar-refractivity contribution in [2.24, 2.45) is 0 Å². The second kappa shape index (κ2) is 6.81. The average Bonchev–Trinajstić information content (AvgIpc) is 2.56. The van der Waals surface area contributed by atoms with Gasteiger partial charge >= 0.3 is 0 Å². The van der Waals surface area contributed by atoms with E-state index in [1.807, 2.05) is 25.1 Å². The minimum absolute atomic E-state index is 0.0796. The molecule has 0 bridgehead atoms. The summed E-state index contributed by atoms with van der Waals surface area (Å²) in [5.41, 5.74) is 2.64. The summed E-state index contributed by atoms with van der Waals surface area (Å²) in [7, 11) is -1.97. The molecule has 0 saturated heterocycles. The summed E-state index contributed by atoms with van der Waals surface area (Å²) in [6.07, 6.45) is 3.16. The van der Waals surface area contributed by atoms with Crippen LogP contribution < -0.4 is 9.46 Å². The molecule has 1 fully saturated rings. The van der Waals surface area contributed by atoms with E-state index in [9.17, 15) is 8.42 Å². The summed E-state index contributed by atoms with van der Waals surface area (Å²) in [6.45, 7) is 4.09. The second-order valence-corrected chi connectivity index (χ2v) is 8.65. The lowest BCUT2D eigenvalue weighted by Gasteiger charge is -2.42. The molecule has 5 heteroatoms. The number of benzene rings is 2. The SMILES string of the molecule is COc1cc(C)c(S(=O)(=O)NCC2(c3ccccc3)CCC2)cc1C. The van der Waals surface area contributed by atoms with E-state index in [0.717, 1.165) is 24.8 Å². The summed E-state index contributed by atoms with van der Waals surface area (Å²) in [5, 5.41) is 0. The van der Waals surface area contributed by atoms with Crippen molar-refractivity contribution < 1.29 is 13.2 Å². The van der Waals surface area contributed by atoms with Crippen LogP contribution in [0.5, 0.6) is 5.75 Å². The molecule has 0 aliphatic heterocycles. The Morgan fingerprint density at radius 3 is 2.32 bits per heavy atom. The first-order valence-corrected chi connectivity index (χ1v) is 10.1. The van der Waals surface area contributed by atoms with Crippen LogP contribution in [0.1, 0.15) is 36.0 Å². The van der Waals surface area contributed by atoms with Crippen LogP contribution in [-0.4, -0.2) is 22.1 Å². The van der Waals surface area contributed by atoms with Crippen molar-refractivity contribution in [2.75, 3.05) is 13.7 Å². The molecule has 2 aromatic carbocycles. The summed E-state index contributed by atoms with van der Waals surface area (Å²) in [4.78, 5) is 0.327. The van der Waals surface area contributed by atoms with Crippen LogP contribution in [0.2, 0.25) is 0 Å². The fraction of sp³-hybridized carbons (Fsp3) is 0.400. The molecular formula is C20H25NO3S. The Kier molecular flexibility index (Phi) is 4.89. The molecule has 2 aromatic rings. The zero-order valence-electron chi connectivity index (χ0n) is 15.0. The van der Waals surface area contributed by atoms with Crippen LogP contribution in [-0.2, 0) is 15.4 Å². The third-order valence-corrected chi connectivity index (χ3v) is 6.82. The van der Waals surface area contributed by atoms with Gasteiger partial charge in [-0.15, -0.1) is 0 Å². The first-order chi connectivity index (χ1) is 11.9. The number of methoxy groups -OCH3 is 1. The quantitative estimate of drug-likeness (QED) is 0.855. The Hall–Kier alpha value is -1.85. The van der Waals surface area contributed by atoms with Gasteiger partial charge in [-0.1, -0.05) is 36.8 Å². The maximum atomic E-state index is 12.9. The molecule has 25 heavy (non-hydrogen) atoms. The number of hydrogen-bond acceptors (Lipinski definition) is 3. The molecular weight excluding hydrogens is 334 g/mol. The molecule has 1 aliphatic rings. The van der Waals surface area contributed by atoms with E-state index >= 15 is 0 Å². The molecule has 0 amide bonds. The van der Waals surface area contributed by atoms with Gasteiger partial charge in [0, 0.05) is 12.0 Å². The maximum Gasteiger partial charge on any atom is 0.240 e. The molecule has 0 unspecified atom stereocenters. The largest absolute Gasteiger partial charge is 0.496 e. The van der Waals surface area contributed by atoms with Gasteiger partial charge in [-0.2, -0.15) is 0 Å². The summed E-state index contributed by atoms with van der Waals surface area (Å²) in [6, 6.07) is 13.7. The normalized spacial score (nSPS) is 16.3. The zero-order chi connectivity index (χ0) is 18.1. The number of ether oxygens (including phenoxy) is 1. The predicted octanol–water partition coefficient (Wildman–Crippen LogP) is 3.71. The van der Waals surface area contributed by atoms with Crippen molar-refractivity contribution in [3.8, 4) is 5.75 Å². The predicted molar refractivity (Wildman–Crippen MR) is 99.6 cm³/mol. The van der Waals surface area contributed by atoms with Gasteiger partial charge in [0.15, 0.2) is 0 Å². The molecule has 0 spiro atoms. The lowest BCUT2D eigenvalue weighted by atomic mass is 9.64. The van der Waals surface area contributed by atoms with E-state index < -0.39 is 10.0 Å². The molecule has 0 atom stereocenters. The summed E-state index contributed by atoms with van der Waals surface area (Å²) < 4.78 is 33.9. The number of nitrogens with one attached hydrogen (secondary N) is 1. The fourth-order valence-electron chi connectivity index (χ4n) is 3.55. The average molecular weight is 359 g/mol. The van der Waals surface area contributed by atoms with E-state index in [1.165, 1.54) is 5.56 Å². The van der Waals surface area contributed by atoms with Crippen molar-refractivity contribution in [1.82, 2.24) is 4.72 Å². The van der Waals surface area contributed by atoms with Crippen LogP contribution in [0.25, 0.3) is 0 Å². The van der Waals surface area contributed by atoms with Crippen molar-refractivity contribution in [1.29, 1.82) is 0 Å². The molecule has 1 aliphatic carbocycles.